The Balaban J connectivity index is 1.85. The Kier molecular flexibility index (Phi) is 1.24. The highest BCUT2D eigenvalue weighted by molar-refractivity contribution is 5.99. The van der Waals surface area contributed by atoms with E-state index in [1.165, 1.54) is 11.1 Å². The van der Waals surface area contributed by atoms with Crippen molar-refractivity contribution in [2.45, 2.75) is 19.3 Å². The van der Waals surface area contributed by atoms with Gasteiger partial charge in [-0.3, -0.25) is 4.79 Å². The van der Waals surface area contributed by atoms with Crippen molar-refractivity contribution in [3.63, 3.8) is 0 Å². The van der Waals surface area contributed by atoms with Gasteiger partial charge >= 0.3 is 0 Å². The van der Waals surface area contributed by atoms with Gasteiger partial charge in [-0.05, 0) is 29.9 Å². The number of hydrogen-bond acceptors (Lipinski definition) is 3. The molecule has 1 unspecified atom stereocenters. The summed E-state index contributed by atoms with van der Waals surface area (Å²) in [5.41, 5.74) is 1.44. The zero-order valence-electron chi connectivity index (χ0n) is 10.0. The zero-order chi connectivity index (χ0) is 12.2. The molecule has 5 aliphatic carbocycles. The molecule has 6 aliphatic rings. The molecule has 1 aliphatic heterocycles. The first kappa shape index (κ1) is 9.52. The van der Waals surface area contributed by atoms with Crippen LogP contribution in [0.15, 0.2) is 23.3 Å². The summed E-state index contributed by atoms with van der Waals surface area (Å²) in [7, 11) is 0. The molecular weight excluding hydrogens is 226 g/mol. The van der Waals surface area contributed by atoms with Gasteiger partial charge in [0.1, 0.15) is 5.41 Å². The van der Waals surface area contributed by atoms with Gasteiger partial charge in [0, 0.05) is 17.3 Å². The van der Waals surface area contributed by atoms with Crippen LogP contribution in [0, 0.1) is 33.5 Å². The Morgan fingerprint density at radius 3 is 3.11 bits per heavy atom. The number of hydrogen-bond donors (Lipinski definition) is 0. The average Bonchev–Trinajstić information content (AvgIpc) is 2.73. The fourth-order valence-electron chi connectivity index (χ4n) is 5.84. The van der Waals surface area contributed by atoms with Crippen LogP contribution in [0.1, 0.15) is 19.3 Å². The minimum atomic E-state index is -0.740. The number of fused-ring (bicyclic) bond motifs is 1. The van der Waals surface area contributed by atoms with Crippen molar-refractivity contribution >= 4 is 5.78 Å². The SMILES string of the molecule is N#CC12C(=O)C[C@@H]3C[C@]14C=CC1=C(COC1)[C@]24C3. The third-order valence-electron chi connectivity index (χ3n) is 6.25. The summed E-state index contributed by atoms with van der Waals surface area (Å²) < 4.78 is 5.57. The normalized spacial score (nSPS) is 54.2. The second-order valence-corrected chi connectivity index (χ2v) is 6.47. The third kappa shape index (κ3) is 0.574. The van der Waals surface area contributed by atoms with E-state index in [4.69, 9.17) is 4.74 Å². The summed E-state index contributed by atoms with van der Waals surface area (Å²) >= 11 is 0. The van der Waals surface area contributed by atoms with Crippen LogP contribution < -0.4 is 0 Å². The standard InChI is InChI=1S/C15H13NO2/c16-8-15-12(17)3-9-4-13(15)2-1-10-6-18-7-11(10)14(13,15)5-9/h1-2,9H,3-7H2/t9-,13+,14+,15?/m1/s1. The molecule has 0 amide bonds. The van der Waals surface area contributed by atoms with E-state index in [1.54, 1.807) is 0 Å². The number of rotatable bonds is 0. The monoisotopic (exact) mass is 239 g/mol. The maximum Gasteiger partial charge on any atom is 0.155 e. The topological polar surface area (TPSA) is 50.1 Å². The summed E-state index contributed by atoms with van der Waals surface area (Å²) in [5.74, 6) is 0.683. The second-order valence-electron chi connectivity index (χ2n) is 6.47. The lowest BCUT2D eigenvalue weighted by Gasteiger charge is -2.31. The minimum Gasteiger partial charge on any atom is -0.372 e. The molecule has 4 atom stereocenters. The van der Waals surface area contributed by atoms with Gasteiger partial charge in [0.15, 0.2) is 5.78 Å². The molecule has 3 heteroatoms. The number of carbonyl (C=O) groups is 1. The Bertz CT molecular complexity index is 625. The fraction of sp³-hybridized carbons (Fsp3) is 0.600. The van der Waals surface area contributed by atoms with Crippen molar-refractivity contribution in [1.82, 2.24) is 0 Å². The Hall–Kier alpha value is -1.40. The molecule has 0 radical (unpaired) electrons. The molecule has 0 saturated heterocycles. The van der Waals surface area contributed by atoms with Crippen molar-refractivity contribution in [2.24, 2.45) is 22.2 Å². The van der Waals surface area contributed by atoms with Crippen LogP contribution in [0.3, 0.4) is 0 Å². The number of carbonyl (C=O) groups excluding carboxylic acids is 1. The van der Waals surface area contributed by atoms with Gasteiger partial charge < -0.3 is 4.74 Å². The molecule has 1 heterocycles. The number of Topliss-reactive ketones (excluding diaryl/α,β-unsaturated/α-hetero) is 1. The molecule has 0 aromatic heterocycles. The molecule has 0 N–H and O–H groups in total. The smallest absolute Gasteiger partial charge is 0.155 e. The molecular formula is C15H13NO2. The highest BCUT2D eigenvalue weighted by Gasteiger charge is 2.95. The van der Waals surface area contributed by atoms with Gasteiger partial charge in [0.2, 0.25) is 0 Å². The largest absolute Gasteiger partial charge is 0.372 e. The number of ketones is 1. The van der Waals surface area contributed by atoms with Crippen LogP contribution >= 0.6 is 0 Å². The van der Waals surface area contributed by atoms with E-state index in [1.807, 2.05) is 0 Å². The minimum absolute atomic E-state index is 0.165. The third-order valence-corrected chi connectivity index (χ3v) is 6.25. The highest BCUT2D eigenvalue weighted by Crippen LogP contribution is 2.93. The van der Waals surface area contributed by atoms with Gasteiger partial charge in [-0.1, -0.05) is 12.2 Å². The lowest BCUT2D eigenvalue weighted by Crippen LogP contribution is -2.35. The maximum absolute atomic E-state index is 12.5. The lowest BCUT2D eigenvalue weighted by atomic mass is 9.69. The van der Waals surface area contributed by atoms with Gasteiger partial charge in [0.25, 0.3) is 0 Å². The number of nitriles is 1. The van der Waals surface area contributed by atoms with Crippen LogP contribution in [0.5, 0.6) is 0 Å². The van der Waals surface area contributed by atoms with Gasteiger partial charge in [0.05, 0.1) is 19.3 Å². The van der Waals surface area contributed by atoms with Crippen LogP contribution in [0.4, 0.5) is 0 Å². The van der Waals surface area contributed by atoms with Crippen molar-refractivity contribution in [3.8, 4) is 6.07 Å². The Labute approximate surface area is 105 Å². The van der Waals surface area contributed by atoms with E-state index in [9.17, 15) is 10.1 Å². The molecule has 6 rings (SSSR count). The van der Waals surface area contributed by atoms with Crippen LogP contribution in [0.2, 0.25) is 0 Å². The highest BCUT2D eigenvalue weighted by atomic mass is 16.5. The lowest BCUT2D eigenvalue weighted by molar-refractivity contribution is -0.128. The van der Waals surface area contributed by atoms with Gasteiger partial charge in [-0.25, -0.2) is 0 Å². The molecule has 4 bridgehead atoms. The molecule has 90 valence electrons. The summed E-state index contributed by atoms with van der Waals surface area (Å²) in [4.78, 5) is 12.5. The molecule has 3 nitrogen and oxygen atoms in total. The van der Waals surface area contributed by atoms with E-state index in [0.717, 1.165) is 12.8 Å². The molecule has 18 heavy (non-hydrogen) atoms. The zero-order valence-corrected chi connectivity index (χ0v) is 10.0. The van der Waals surface area contributed by atoms with Crippen LogP contribution in [0.25, 0.3) is 0 Å². The predicted octanol–water partition coefficient (Wildman–Crippen LogP) is 1.76. The Morgan fingerprint density at radius 1 is 1.39 bits per heavy atom. The number of nitrogens with zero attached hydrogens (tertiary/aromatic N) is 1. The average molecular weight is 239 g/mol. The molecule has 4 fully saturated rings. The first-order valence-electron chi connectivity index (χ1n) is 6.66. The van der Waals surface area contributed by atoms with Crippen molar-refractivity contribution < 1.29 is 9.53 Å². The summed E-state index contributed by atoms with van der Waals surface area (Å²) in [5, 5.41) is 9.73. The summed E-state index contributed by atoms with van der Waals surface area (Å²) in [6, 6.07) is 2.44. The van der Waals surface area contributed by atoms with E-state index < -0.39 is 5.41 Å². The van der Waals surface area contributed by atoms with Crippen molar-refractivity contribution in [2.75, 3.05) is 13.2 Å². The molecule has 4 saturated carbocycles. The number of ether oxygens (including phenoxy) is 1. The second kappa shape index (κ2) is 2.35. The molecule has 2 spiro atoms. The molecule has 0 aromatic rings. The van der Waals surface area contributed by atoms with E-state index in [0.29, 0.717) is 25.6 Å². The first-order chi connectivity index (χ1) is 8.72. The first-order valence-corrected chi connectivity index (χ1v) is 6.66. The van der Waals surface area contributed by atoms with Crippen molar-refractivity contribution in [3.05, 3.63) is 23.3 Å². The maximum atomic E-state index is 12.5. The van der Waals surface area contributed by atoms with E-state index in [-0.39, 0.29) is 16.6 Å². The van der Waals surface area contributed by atoms with Gasteiger partial charge in [-0.2, -0.15) is 5.26 Å². The van der Waals surface area contributed by atoms with E-state index in [2.05, 4.69) is 18.2 Å². The Morgan fingerprint density at radius 2 is 2.28 bits per heavy atom. The summed E-state index contributed by atoms with van der Waals surface area (Å²) in [6.45, 7) is 1.29. The van der Waals surface area contributed by atoms with Gasteiger partial charge in [-0.15, -0.1) is 0 Å². The predicted molar refractivity (Wildman–Crippen MR) is 62.2 cm³/mol. The molecule has 0 aromatic carbocycles. The van der Waals surface area contributed by atoms with Crippen molar-refractivity contribution in [1.29, 1.82) is 5.26 Å². The fourth-order valence-corrected chi connectivity index (χ4v) is 5.84. The number of allylic oxidation sites excluding steroid dienone is 1. The van der Waals surface area contributed by atoms with Crippen LogP contribution in [-0.4, -0.2) is 19.0 Å². The summed E-state index contributed by atoms with van der Waals surface area (Å²) in [6.07, 6.45) is 6.98. The van der Waals surface area contributed by atoms with E-state index >= 15 is 0 Å². The quantitative estimate of drug-likeness (QED) is 0.647. The van der Waals surface area contributed by atoms with Crippen LogP contribution in [-0.2, 0) is 9.53 Å².